The van der Waals surface area contributed by atoms with Crippen molar-refractivity contribution in [3.05, 3.63) is 77.5 Å². The third-order valence-corrected chi connectivity index (χ3v) is 6.59. The molecule has 1 heterocycles. The number of para-hydroxylation sites is 2. The fourth-order valence-electron chi connectivity index (χ4n) is 3.03. The second-order valence-electron chi connectivity index (χ2n) is 7.26. The number of halogens is 1. The average molecular weight is 556 g/mol. The molecule has 0 spiro atoms. The van der Waals surface area contributed by atoms with Crippen LogP contribution in [0.15, 0.2) is 60.8 Å². The van der Waals surface area contributed by atoms with Crippen LogP contribution in [0.5, 0.6) is 0 Å². The van der Waals surface area contributed by atoms with Gasteiger partial charge in [0.15, 0.2) is 0 Å². The molecule has 0 aliphatic heterocycles. The zero-order chi connectivity index (χ0) is 23.5. The number of rotatable bonds is 11. The standard InChI is InChI=1S/C25H27IN5O2/c1-2-13-33-26-11-12-29-16-18-14-21(15-27)24(30-17-18)19-7-9-20(10-8-19)25(32)31-23-6-4-3-5-22(23)28/h3-10,14,17,29H,2,11-13,16,28H2,1H3,(H,31,32)/q-1. The first-order chi connectivity index (χ1) is 16.1. The first-order valence-corrected chi connectivity index (χ1v) is 13.1. The zero-order valence-electron chi connectivity index (χ0n) is 18.5. The summed E-state index contributed by atoms with van der Waals surface area (Å²) in [5.41, 5.74) is 10.3. The zero-order valence-corrected chi connectivity index (χ0v) is 20.6. The second-order valence-corrected chi connectivity index (χ2v) is 9.58. The van der Waals surface area contributed by atoms with Gasteiger partial charge in [0.05, 0.1) is 11.4 Å². The number of amides is 1. The SMILES string of the molecule is CCCO[I-]CCNCc1cnc(-c2ccc(C(=O)Nc3ccccc3N)cc2)c(C#N)c1. The molecule has 0 saturated heterocycles. The van der Waals surface area contributed by atoms with Gasteiger partial charge in [-0.25, -0.2) is 0 Å². The first-order valence-electron chi connectivity index (χ1n) is 10.7. The number of aromatic nitrogens is 1. The van der Waals surface area contributed by atoms with Crippen LogP contribution in [0.3, 0.4) is 0 Å². The maximum absolute atomic E-state index is 12.5. The van der Waals surface area contributed by atoms with E-state index in [2.05, 4.69) is 28.6 Å². The van der Waals surface area contributed by atoms with Gasteiger partial charge in [-0.05, 0) is 12.1 Å². The Morgan fingerprint density at radius 2 is 2.00 bits per heavy atom. The number of carbonyl (C=O) groups excluding carboxylic acids is 1. The molecule has 0 saturated carbocycles. The molecule has 7 nitrogen and oxygen atoms in total. The summed E-state index contributed by atoms with van der Waals surface area (Å²) >= 11 is -0.200. The molecular formula is C25H27IN5O2-. The molecule has 3 rings (SSSR count). The van der Waals surface area contributed by atoms with Crippen molar-refractivity contribution in [2.24, 2.45) is 0 Å². The number of benzene rings is 2. The van der Waals surface area contributed by atoms with Crippen LogP contribution in [-0.2, 0) is 9.61 Å². The molecule has 172 valence electrons. The normalized spacial score (nSPS) is 10.7. The fraction of sp³-hybridized carbons (Fsp3) is 0.240. The average Bonchev–Trinajstić information content (AvgIpc) is 2.85. The molecular weight excluding hydrogens is 529 g/mol. The van der Waals surface area contributed by atoms with Gasteiger partial charge in [0, 0.05) is 0 Å². The molecule has 1 amide bonds. The number of nitriles is 1. The van der Waals surface area contributed by atoms with Crippen molar-refractivity contribution in [1.29, 1.82) is 5.26 Å². The monoisotopic (exact) mass is 556 g/mol. The first kappa shape index (κ1) is 24.6. The summed E-state index contributed by atoms with van der Waals surface area (Å²) in [6.45, 7) is 4.50. The summed E-state index contributed by atoms with van der Waals surface area (Å²) in [6.07, 6.45) is 2.84. The topological polar surface area (TPSA) is 113 Å². The summed E-state index contributed by atoms with van der Waals surface area (Å²) in [5.74, 6) is -0.253. The van der Waals surface area contributed by atoms with Crippen LogP contribution < -0.4 is 38.0 Å². The van der Waals surface area contributed by atoms with Gasteiger partial charge in [0.1, 0.15) is 0 Å². The predicted molar refractivity (Wildman–Crippen MR) is 126 cm³/mol. The molecule has 4 N–H and O–H groups in total. The third-order valence-electron chi connectivity index (χ3n) is 4.73. The predicted octanol–water partition coefficient (Wildman–Crippen LogP) is 0.975. The van der Waals surface area contributed by atoms with E-state index in [1.165, 1.54) is 0 Å². The van der Waals surface area contributed by atoms with Crippen molar-refractivity contribution in [2.45, 2.75) is 19.9 Å². The van der Waals surface area contributed by atoms with Gasteiger partial charge < -0.3 is 11.1 Å². The molecule has 0 radical (unpaired) electrons. The number of carbonyl (C=O) groups is 1. The van der Waals surface area contributed by atoms with Crippen LogP contribution >= 0.6 is 0 Å². The van der Waals surface area contributed by atoms with E-state index in [-0.39, 0.29) is 27.5 Å². The number of hydrogen-bond acceptors (Lipinski definition) is 6. The molecule has 0 fully saturated rings. The minimum atomic E-state index is -0.253. The van der Waals surface area contributed by atoms with Crippen molar-refractivity contribution in [1.82, 2.24) is 10.3 Å². The molecule has 8 heteroatoms. The number of nitrogens with two attached hydrogens (primary N) is 1. The van der Waals surface area contributed by atoms with Crippen LogP contribution in [-0.4, -0.2) is 28.5 Å². The van der Waals surface area contributed by atoms with Crippen LogP contribution in [0.4, 0.5) is 11.4 Å². The van der Waals surface area contributed by atoms with Crippen LogP contribution in [0.1, 0.15) is 34.8 Å². The molecule has 1 aromatic heterocycles. The van der Waals surface area contributed by atoms with Crippen molar-refractivity contribution < 1.29 is 29.5 Å². The van der Waals surface area contributed by atoms with Crippen molar-refractivity contribution in [2.75, 3.05) is 28.6 Å². The van der Waals surface area contributed by atoms with Gasteiger partial charge in [0.2, 0.25) is 0 Å². The molecule has 0 unspecified atom stereocenters. The summed E-state index contributed by atoms with van der Waals surface area (Å²) < 4.78 is 6.63. The van der Waals surface area contributed by atoms with Gasteiger partial charge in [-0.1, -0.05) is 12.1 Å². The van der Waals surface area contributed by atoms with E-state index in [1.807, 2.05) is 18.2 Å². The number of pyridine rings is 1. The summed E-state index contributed by atoms with van der Waals surface area (Å²) in [7, 11) is 0. The van der Waals surface area contributed by atoms with Gasteiger partial charge in [-0.3, -0.25) is 4.79 Å². The van der Waals surface area contributed by atoms with Crippen LogP contribution in [0.2, 0.25) is 0 Å². The van der Waals surface area contributed by atoms with Gasteiger partial charge in [-0.15, -0.1) is 0 Å². The molecule has 0 aliphatic rings. The molecule has 3 aromatic rings. The Morgan fingerprint density at radius 3 is 2.73 bits per heavy atom. The van der Waals surface area contributed by atoms with E-state index in [1.54, 1.807) is 42.6 Å². The Morgan fingerprint density at radius 1 is 1.21 bits per heavy atom. The Labute approximate surface area is 205 Å². The van der Waals surface area contributed by atoms with Crippen molar-refractivity contribution in [3.63, 3.8) is 0 Å². The van der Waals surface area contributed by atoms with Crippen LogP contribution in [0, 0.1) is 11.3 Å². The van der Waals surface area contributed by atoms with Gasteiger partial charge in [0.25, 0.3) is 5.91 Å². The molecule has 33 heavy (non-hydrogen) atoms. The Bertz CT molecular complexity index is 1110. The van der Waals surface area contributed by atoms with E-state index in [9.17, 15) is 10.1 Å². The number of nitrogens with zero attached hydrogens (tertiary/aromatic N) is 2. The Kier molecular flexibility index (Phi) is 9.62. The van der Waals surface area contributed by atoms with E-state index < -0.39 is 0 Å². The number of alkyl halides is 1. The van der Waals surface area contributed by atoms with Gasteiger partial charge >= 0.3 is 148 Å². The summed E-state index contributed by atoms with van der Waals surface area (Å²) in [4.78, 5) is 17.0. The summed E-state index contributed by atoms with van der Waals surface area (Å²) in [5, 5.41) is 15.8. The van der Waals surface area contributed by atoms with Crippen molar-refractivity contribution in [3.8, 4) is 17.3 Å². The van der Waals surface area contributed by atoms with Crippen molar-refractivity contribution >= 4 is 17.3 Å². The summed E-state index contributed by atoms with van der Waals surface area (Å²) in [6, 6.07) is 18.2. The maximum atomic E-state index is 12.5. The second kappa shape index (κ2) is 12.9. The third kappa shape index (κ3) is 7.25. The minimum absolute atomic E-state index is 0.200. The molecule has 0 atom stereocenters. The Hall–Kier alpha value is -3.00. The quantitative estimate of drug-likeness (QED) is 0.141. The van der Waals surface area contributed by atoms with Crippen LogP contribution in [0.25, 0.3) is 11.3 Å². The van der Waals surface area contributed by atoms with E-state index in [0.717, 1.165) is 35.1 Å². The number of nitrogen functional groups attached to an aromatic ring is 1. The van der Waals surface area contributed by atoms with E-state index >= 15 is 0 Å². The molecule has 2 aromatic carbocycles. The fourth-order valence-corrected chi connectivity index (χ4v) is 4.69. The number of nitrogens with one attached hydrogen (secondary N) is 2. The molecule has 0 bridgehead atoms. The van der Waals surface area contributed by atoms with Gasteiger partial charge in [-0.2, -0.15) is 0 Å². The van der Waals surface area contributed by atoms with E-state index in [0.29, 0.717) is 34.7 Å². The van der Waals surface area contributed by atoms with E-state index in [4.69, 9.17) is 8.80 Å². The Balaban J connectivity index is 1.61. The number of anilines is 2. The molecule has 0 aliphatic carbocycles. The number of hydrogen-bond donors (Lipinski definition) is 3.